The molecule has 0 aliphatic rings. The second-order valence-corrected chi connectivity index (χ2v) is 5.02. The Morgan fingerprint density at radius 1 is 1.00 bits per heavy atom. The SMILES string of the molecule is CCC(Nc1ccc(OCCOC)cc1)c1ccc(F)cc1. The van der Waals surface area contributed by atoms with Crippen molar-refractivity contribution in [3.05, 3.63) is 59.9 Å². The van der Waals surface area contributed by atoms with Crippen molar-refractivity contribution in [1.82, 2.24) is 0 Å². The van der Waals surface area contributed by atoms with Crippen LogP contribution in [0.15, 0.2) is 48.5 Å². The van der Waals surface area contributed by atoms with Crippen molar-refractivity contribution in [2.75, 3.05) is 25.6 Å². The predicted octanol–water partition coefficient (Wildman–Crippen LogP) is 4.41. The maximum atomic E-state index is 13.0. The fraction of sp³-hybridized carbons (Fsp3) is 0.333. The third-order valence-electron chi connectivity index (χ3n) is 3.43. The summed E-state index contributed by atoms with van der Waals surface area (Å²) in [7, 11) is 1.65. The predicted molar refractivity (Wildman–Crippen MR) is 86.9 cm³/mol. The molecular formula is C18H22FNO2. The minimum absolute atomic E-state index is 0.154. The zero-order valence-electron chi connectivity index (χ0n) is 13.0. The average Bonchev–Trinajstić information content (AvgIpc) is 2.55. The first-order valence-corrected chi connectivity index (χ1v) is 7.46. The third kappa shape index (κ3) is 4.74. The van der Waals surface area contributed by atoms with Crippen LogP contribution in [0.5, 0.6) is 5.75 Å². The molecule has 1 unspecified atom stereocenters. The number of hydrogen-bond donors (Lipinski definition) is 1. The van der Waals surface area contributed by atoms with Crippen LogP contribution in [0.4, 0.5) is 10.1 Å². The summed E-state index contributed by atoms with van der Waals surface area (Å²) in [5.41, 5.74) is 2.08. The third-order valence-corrected chi connectivity index (χ3v) is 3.43. The number of methoxy groups -OCH3 is 1. The minimum atomic E-state index is -0.212. The monoisotopic (exact) mass is 303 g/mol. The second kappa shape index (κ2) is 8.39. The summed E-state index contributed by atoms with van der Waals surface area (Å²) in [6, 6.07) is 14.6. The maximum absolute atomic E-state index is 13.0. The highest BCUT2D eigenvalue weighted by molar-refractivity contribution is 5.48. The molecule has 0 aliphatic carbocycles. The topological polar surface area (TPSA) is 30.5 Å². The summed E-state index contributed by atoms with van der Waals surface area (Å²) in [5, 5.41) is 3.46. The Morgan fingerprint density at radius 2 is 1.68 bits per heavy atom. The zero-order chi connectivity index (χ0) is 15.8. The van der Waals surface area contributed by atoms with Crippen LogP contribution < -0.4 is 10.1 Å². The van der Waals surface area contributed by atoms with E-state index in [2.05, 4.69) is 12.2 Å². The Labute approximate surface area is 131 Å². The van der Waals surface area contributed by atoms with Crippen molar-refractivity contribution in [1.29, 1.82) is 0 Å². The first-order valence-electron chi connectivity index (χ1n) is 7.46. The van der Waals surface area contributed by atoms with E-state index in [-0.39, 0.29) is 11.9 Å². The summed E-state index contributed by atoms with van der Waals surface area (Å²) in [5.74, 6) is 0.605. The van der Waals surface area contributed by atoms with Gasteiger partial charge in [-0.1, -0.05) is 19.1 Å². The average molecular weight is 303 g/mol. The molecule has 118 valence electrons. The van der Waals surface area contributed by atoms with Crippen LogP contribution in [0.1, 0.15) is 24.9 Å². The van der Waals surface area contributed by atoms with Gasteiger partial charge >= 0.3 is 0 Å². The molecule has 0 radical (unpaired) electrons. The Balaban J connectivity index is 1.97. The van der Waals surface area contributed by atoms with E-state index in [1.54, 1.807) is 7.11 Å². The molecule has 2 rings (SSSR count). The molecule has 3 nitrogen and oxygen atoms in total. The highest BCUT2D eigenvalue weighted by atomic mass is 19.1. The Hall–Kier alpha value is -2.07. The van der Waals surface area contributed by atoms with Gasteiger partial charge in [0.2, 0.25) is 0 Å². The molecule has 2 aromatic rings. The van der Waals surface area contributed by atoms with Crippen molar-refractivity contribution in [3.8, 4) is 5.75 Å². The number of ether oxygens (including phenoxy) is 2. The zero-order valence-corrected chi connectivity index (χ0v) is 13.0. The van der Waals surface area contributed by atoms with Crippen LogP contribution in [0.25, 0.3) is 0 Å². The van der Waals surface area contributed by atoms with E-state index in [1.165, 1.54) is 12.1 Å². The fourth-order valence-corrected chi connectivity index (χ4v) is 2.21. The van der Waals surface area contributed by atoms with E-state index in [0.717, 1.165) is 23.4 Å². The molecule has 0 aromatic heterocycles. The quantitative estimate of drug-likeness (QED) is 0.733. The van der Waals surface area contributed by atoms with Gasteiger partial charge in [-0.2, -0.15) is 0 Å². The van der Waals surface area contributed by atoms with E-state index >= 15 is 0 Å². The lowest BCUT2D eigenvalue weighted by Gasteiger charge is -2.19. The highest BCUT2D eigenvalue weighted by Crippen LogP contribution is 2.24. The van der Waals surface area contributed by atoms with Gasteiger partial charge in [-0.25, -0.2) is 4.39 Å². The van der Waals surface area contributed by atoms with Gasteiger partial charge in [-0.15, -0.1) is 0 Å². The molecule has 0 heterocycles. The van der Waals surface area contributed by atoms with E-state index in [9.17, 15) is 4.39 Å². The minimum Gasteiger partial charge on any atom is -0.491 e. The normalized spacial score (nSPS) is 12.0. The van der Waals surface area contributed by atoms with Crippen LogP contribution in [0.3, 0.4) is 0 Å². The molecule has 0 saturated carbocycles. The fourth-order valence-electron chi connectivity index (χ4n) is 2.21. The summed E-state index contributed by atoms with van der Waals surface area (Å²) in [4.78, 5) is 0. The Bertz CT molecular complexity index is 554. The van der Waals surface area contributed by atoms with Crippen molar-refractivity contribution in [2.24, 2.45) is 0 Å². The van der Waals surface area contributed by atoms with Gasteiger partial charge in [-0.05, 0) is 48.4 Å². The van der Waals surface area contributed by atoms with Crippen molar-refractivity contribution in [3.63, 3.8) is 0 Å². The lowest BCUT2D eigenvalue weighted by atomic mass is 10.0. The molecule has 1 atom stereocenters. The summed E-state index contributed by atoms with van der Waals surface area (Å²) >= 11 is 0. The van der Waals surface area contributed by atoms with Gasteiger partial charge in [-0.3, -0.25) is 0 Å². The number of rotatable bonds is 8. The van der Waals surface area contributed by atoms with Gasteiger partial charge < -0.3 is 14.8 Å². The molecule has 0 aliphatic heterocycles. The molecule has 0 fully saturated rings. The Kier molecular flexibility index (Phi) is 6.22. The van der Waals surface area contributed by atoms with Gasteiger partial charge in [0.05, 0.1) is 12.6 Å². The van der Waals surface area contributed by atoms with Crippen LogP contribution in [-0.4, -0.2) is 20.3 Å². The Morgan fingerprint density at radius 3 is 2.27 bits per heavy atom. The van der Waals surface area contributed by atoms with Crippen molar-refractivity contribution >= 4 is 5.69 Å². The van der Waals surface area contributed by atoms with E-state index in [0.29, 0.717) is 13.2 Å². The molecule has 0 bridgehead atoms. The number of nitrogens with one attached hydrogen (secondary N) is 1. The molecule has 0 saturated heterocycles. The number of hydrogen-bond acceptors (Lipinski definition) is 3. The van der Waals surface area contributed by atoms with E-state index < -0.39 is 0 Å². The van der Waals surface area contributed by atoms with Crippen LogP contribution in [-0.2, 0) is 4.74 Å². The van der Waals surface area contributed by atoms with Crippen LogP contribution in [0, 0.1) is 5.82 Å². The lowest BCUT2D eigenvalue weighted by Crippen LogP contribution is -2.09. The number of benzene rings is 2. The lowest BCUT2D eigenvalue weighted by molar-refractivity contribution is 0.146. The van der Waals surface area contributed by atoms with Crippen molar-refractivity contribution < 1.29 is 13.9 Å². The molecule has 1 N–H and O–H groups in total. The molecule has 4 heteroatoms. The summed E-state index contributed by atoms with van der Waals surface area (Å²) in [6.07, 6.45) is 0.914. The first kappa shape index (κ1) is 16.3. The molecular weight excluding hydrogens is 281 g/mol. The van der Waals surface area contributed by atoms with E-state index in [1.807, 2.05) is 36.4 Å². The standard InChI is InChI=1S/C18H22FNO2/c1-3-18(14-4-6-15(19)7-5-14)20-16-8-10-17(11-9-16)22-13-12-21-2/h4-11,18,20H,3,12-13H2,1-2H3. The largest absolute Gasteiger partial charge is 0.491 e. The van der Waals surface area contributed by atoms with Crippen molar-refractivity contribution in [2.45, 2.75) is 19.4 Å². The molecule has 2 aromatic carbocycles. The maximum Gasteiger partial charge on any atom is 0.123 e. The van der Waals surface area contributed by atoms with Gasteiger partial charge in [0, 0.05) is 12.8 Å². The van der Waals surface area contributed by atoms with Gasteiger partial charge in [0.25, 0.3) is 0 Å². The highest BCUT2D eigenvalue weighted by Gasteiger charge is 2.09. The number of halogens is 1. The second-order valence-electron chi connectivity index (χ2n) is 5.02. The van der Waals surface area contributed by atoms with Gasteiger partial charge in [0.15, 0.2) is 0 Å². The molecule has 0 amide bonds. The van der Waals surface area contributed by atoms with Crippen LogP contribution >= 0.6 is 0 Å². The van der Waals surface area contributed by atoms with E-state index in [4.69, 9.17) is 9.47 Å². The smallest absolute Gasteiger partial charge is 0.123 e. The van der Waals surface area contributed by atoms with Crippen LogP contribution in [0.2, 0.25) is 0 Å². The molecule has 22 heavy (non-hydrogen) atoms. The molecule has 0 spiro atoms. The summed E-state index contributed by atoms with van der Waals surface area (Å²) < 4.78 is 23.5. The van der Waals surface area contributed by atoms with Gasteiger partial charge in [0.1, 0.15) is 18.2 Å². The number of anilines is 1. The summed E-state index contributed by atoms with van der Waals surface area (Å²) in [6.45, 7) is 3.21. The first-order chi connectivity index (χ1) is 10.7.